The molecule has 182 valence electrons. The number of carbonyl (C=O) groups is 2. The molecule has 1 aromatic carbocycles. The Kier molecular flexibility index (Phi) is 7.41. The van der Waals surface area contributed by atoms with Gasteiger partial charge in [0.05, 0.1) is 18.4 Å². The zero-order chi connectivity index (χ0) is 23.5. The number of halogens is 1. The lowest BCUT2D eigenvalue weighted by atomic mass is 9.92. The summed E-state index contributed by atoms with van der Waals surface area (Å²) in [5.41, 5.74) is 0.853. The molecule has 2 bridgehead atoms. The van der Waals surface area contributed by atoms with E-state index >= 15 is 0 Å². The predicted octanol–water partition coefficient (Wildman–Crippen LogP) is 4.15. The predicted molar refractivity (Wildman–Crippen MR) is 125 cm³/mol. The molecule has 3 saturated heterocycles. The maximum Gasteiger partial charge on any atom is 0.411 e. The third-order valence-corrected chi connectivity index (χ3v) is 7.06. The van der Waals surface area contributed by atoms with Gasteiger partial charge in [0.2, 0.25) is 5.91 Å². The molecule has 3 aliphatic heterocycles. The first-order valence-corrected chi connectivity index (χ1v) is 12.3. The van der Waals surface area contributed by atoms with Crippen LogP contribution in [0.4, 0.5) is 20.6 Å². The number of aliphatic hydroxyl groups excluding tert-OH is 1. The van der Waals surface area contributed by atoms with Crippen LogP contribution in [0.3, 0.4) is 0 Å². The van der Waals surface area contributed by atoms with Gasteiger partial charge >= 0.3 is 6.09 Å². The van der Waals surface area contributed by atoms with Crippen molar-refractivity contribution in [2.45, 2.75) is 77.0 Å². The lowest BCUT2D eigenvalue weighted by Gasteiger charge is -2.39. The number of carbonyl (C=O) groups excluding carboxylic acids is 2. The first kappa shape index (κ1) is 23.8. The van der Waals surface area contributed by atoms with E-state index < -0.39 is 11.9 Å². The average Bonchev–Trinajstić information content (AvgIpc) is 3.04. The van der Waals surface area contributed by atoms with Gasteiger partial charge in [-0.15, -0.1) is 0 Å². The Labute approximate surface area is 195 Å². The van der Waals surface area contributed by atoms with E-state index in [1.807, 2.05) is 23.6 Å². The van der Waals surface area contributed by atoms with Crippen molar-refractivity contribution in [2.24, 2.45) is 11.8 Å². The molecular weight excluding hydrogens is 425 g/mol. The van der Waals surface area contributed by atoms with Crippen LogP contribution in [0.25, 0.3) is 0 Å². The van der Waals surface area contributed by atoms with E-state index in [1.165, 1.54) is 6.07 Å². The topological polar surface area (TPSA) is 82.1 Å². The molecule has 8 heteroatoms. The second-order valence-corrected chi connectivity index (χ2v) is 10.3. The fraction of sp³-hybridized carbons (Fsp3) is 0.680. The van der Waals surface area contributed by atoms with E-state index in [-0.39, 0.29) is 35.9 Å². The van der Waals surface area contributed by atoms with Crippen molar-refractivity contribution in [2.75, 3.05) is 29.9 Å². The molecule has 0 saturated carbocycles. The van der Waals surface area contributed by atoms with E-state index in [0.29, 0.717) is 43.8 Å². The summed E-state index contributed by atoms with van der Waals surface area (Å²) in [6.07, 6.45) is 4.82. The second kappa shape index (κ2) is 10.3. The maximum absolute atomic E-state index is 14.9. The van der Waals surface area contributed by atoms with Crippen LogP contribution < -0.4 is 10.2 Å². The molecule has 3 aliphatic rings. The van der Waals surface area contributed by atoms with Gasteiger partial charge in [-0.25, -0.2) is 9.18 Å². The molecule has 3 fully saturated rings. The molecule has 2 amide bonds. The van der Waals surface area contributed by atoms with Gasteiger partial charge in [-0.1, -0.05) is 13.8 Å². The highest BCUT2D eigenvalue weighted by Gasteiger charge is 2.43. The molecule has 0 spiro atoms. The van der Waals surface area contributed by atoms with E-state index in [1.54, 1.807) is 12.1 Å². The fourth-order valence-corrected chi connectivity index (χ4v) is 5.60. The molecule has 3 unspecified atom stereocenters. The van der Waals surface area contributed by atoms with Gasteiger partial charge in [0, 0.05) is 37.3 Å². The van der Waals surface area contributed by atoms with Crippen molar-refractivity contribution in [1.82, 2.24) is 4.90 Å². The smallest absolute Gasteiger partial charge is 0.411 e. The third-order valence-electron chi connectivity index (χ3n) is 7.06. The Bertz CT molecular complexity index is 850. The molecular formula is C25H36FN3O4. The molecule has 0 aliphatic carbocycles. The summed E-state index contributed by atoms with van der Waals surface area (Å²) in [6.45, 7) is 5.58. The zero-order valence-corrected chi connectivity index (χ0v) is 19.6. The summed E-state index contributed by atoms with van der Waals surface area (Å²) in [5, 5.41) is 12.6. The summed E-state index contributed by atoms with van der Waals surface area (Å²) in [7, 11) is 0. The quantitative estimate of drug-likeness (QED) is 0.665. The third kappa shape index (κ3) is 5.78. The molecule has 1 aromatic rings. The van der Waals surface area contributed by atoms with E-state index in [2.05, 4.69) is 5.32 Å². The number of hydrogen-bond acceptors (Lipinski definition) is 5. The number of anilines is 2. The molecule has 0 aromatic heterocycles. The van der Waals surface area contributed by atoms with Gasteiger partial charge in [0.1, 0.15) is 5.82 Å². The van der Waals surface area contributed by atoms with Crippen molar-refractivity contribution >= 4 is 23.4 Å². The number of piperidine rings is 2. The number of hydrogen-bond donors (Lipinski definition) is 2. The standard InChI is InChI=1S/C25H36FN3O4/c1-16(2)15-33-25(32)27-18-5-8-23(22(26)11-18)28-9-3-4-17(14-28)10-24(31)29-19-6-7-20(29)13-21(30)12-19/h5,8,11,16-17,19-21,30H,3-4,6-7,9-10,12-15H2,1-2H3,(H,27,32). The van der Waals surface area contributed by atoms with Crippen molar-refractivity contribution in [3.05, 3.63) is 24.0 Å². The number of rotatable bonds is 6. The van der Waals surface area contributed by atoms with Crippen LogP contribution >= 0.6 is 0 Å². The Balaban J connectivity index is 1.33. The van der Waals surface area contributed by atoms with Gasteiger partial charge in [0.25, 0.3) is 0 Å². The number of benzene rings is 1. The van der Waals surface area contributed by atoms with Gasteiger partial charge in [-0.2, -0.15) is 0 Å². The van der Waals surface area contributed by atoms with E-state index in [0.717, 1.165) is 32.2 Å². The van der Waals surface area contributed by atoms with E-state index in [9.17, 15) is 19.1 Å². The number of nitrogens with zero attached hydrogens (tertiary/aromatic N) is 2. The van der Waals surface area contributed by atoms with Crippen LogP contribution in [0.1, 0.15) is 58.8 Å². The van der Waals surface area contributed by atoms with Crippen molar-refractivity contribution in [3.8, 4) is 0 Å². The molecule has 3 atom stereocenters. The number of nitrogens with one attached hydrogen (secondary N) is 1. The first-order valence-electron chi connectivity index (χ1n) is 12.3. The number of amides is 2. The van der Waals surface area contributed by atoms with E-state index in [4.69, 9.17) is 4.74 Å². The van der Waals surface area contributed by atoms with Crippen molar-refractivity contribution < 1.29 is 23.8 Å². The van der Waals surface area contributed by atoms with Crippen LogP contribution in [0, 0.1) is 17.7 Å². The molecule has 2 N–H and O–H groups in total. The minimum absolute atomic E-state index is 0.177. The van der Waals surface area contributed by atoms with Crippen molar-refractivity contribution in [1.29, 1.82) is 0 Å². The molecule has 33 heavy (non-hydrogen) atoms. The second-order valence-electron chi connectivity index (χ2n) is 10.3. The van der Waals surface area contributed by atoms with Crippen LogP contribution in [-0.4, -0.2) is 59.9 Å². The Morgan fingerprint density at radius 3 is 2.61 bits per heavy atom. The lowest BCUT2D eigenvalue weighted by Crippen LogP contribution is -2.49. The van der Waals surface area contributed by atoms with Crippen molar-refractivity contribution in [3.63, 3.8) is 0 Å². The lowest BCUT2D eigenvalue weighted by molar-refractivity contribution is -0.138. The highest BCUT2D eigenvalue weighted by Crippen LogP contribution is 2.37. The first-order chi connectivity index (χ1) is 15.8. The summed E-state index contributed by atoms with van der Waals surface area (Å²) in [6, 6.07) is 5.04. The van der Waals surface area contributed by atoms with Crippen LogP contribution in [0.2, 0.25) is 0 Å². The van der Waals surface area contributed by atoms with Gasteiger partial charge in [-0.3, -0.25) is 10.1 Å². The van der Waals surface area contributed by atoms with Gasteiger partial charge < -0.3 is 19.6 Å². The van der Waals surface area contributed by atoms with Crippen LogP contribution in [0.5, 0.6) is 0 Å². The number of aliphatic hydroxyl groups is 1. The summed E-state index contributed by atoms with van der Waals surface area (Å²) >= 11 is 0. The summed E-state index contributed by atoms with van der Waals surface area (Å²) < 4.78 is 20.0. The highest BCUT2D eigenvalue weighted by atomic mass is 19.1. The summed E-state index contributed by atoms with van der Waals surface area (Å²) in [4.78, 5) is 29.0. The zero-order valence-electron chi connectivity index (χ0n) is 19.6. The minimum Gasteiger partial charge on any atom is -0.449 e. The monoisotopic (exact) mass is 461 g/mol. The molecule has 3 heterocycles. The summed E-state index contributed by atoms with van der Waals surface area (Å²) in [5.74, 6) is 0.194. The maximum atomic E-state index is 14.9. The van der Waals surface area contributed by atoms with Gasteiger partial charge in [0.15, 0.2) is 0 Å². The Morgan fingerprint density at radius 1 is 1.21 bits per heavy atom. The molecule has 7 nitrogen and oxygen atoms in total. The highest BCUT2D eigenvalue weighted by molar-refractivity contribution is 5.85. The number of ether oxygens (including phenoxy) is 1. The number of fused-ring (bicyclic) bond motifs is 2. The van der Waals surface area contributed by atoms with Crippen LogP contribution in [-0.2, 0) is 9.53 Å². The largest absolute Gasteiger partial charge is 0.449 e. The fourth-order valence-electron chi connectivity index (χ4n) is 5.60. The minimum atomic E-state index is -0.591. The Hall–Kier alpha value is -2.35. The Morgan fingerprint density at radius 2 is 1.94 bits per heavy atom. The van der Waals surface area contributed by atoms with Gasteiger partial charge in [-0.05, 0) is 68.6 Å². The molecule has 4 rings (SSSR count). The molecule has 0 radical (unpaired) electrons. The van der Waals surface area contributed by atoms with Crippen LogP contribution in [0.15, 0.2) is 18.2 Å². The average molecular weight is 462 g/mol. The SMILES string of the molecule is CC(C)COC(=O)Nc1ccc(N2CCCC(CC(=O)N3C4CCC3CC(O)C4)C2)c(F)c1. The normalized spacial score (nSPS) is 27.1.